The van der Waals surface area contributed by atoms with E-state index in [-0.39, 0.29) is 0 Å². The Labute approximate surface area is 100 Å². The molecule has 0 aliphatic heterocycles. The van der Waals surface area contributed by atoms with Gasteiger partial charge in [0.15, 0.2) is 0 Å². The van der Waals surface area contributed by atoms with Crippen LogP contribution in [-0.2, 0) is 7.05 Å². The second-order valence-corrected chi connectivity index (χ2v) is 4.83. The molecule has 86 valence electrons. The lowest BCUT2D eigenvalue weighted by Gasteiger charge is -2.19. The molecule has 0 saturated heterocycles. The van der Waals surface area contributed by atoms with Gasteiger partial charge in [0.05, 0.1) is 5.69 Å². The summed E-state index contributed by atoms with van der Waals surface area (Å²) in [5.41, 5.74) is 2.56. The van der Waals surface area contributed by atoms with Crippen LogP contribution >= 0.6 is 11.3 Å². The van der Waals surface area contributed by atoms with Crippen LogP contribution < -0.4 is 5.32 Å². The SMILES string of the molecule is CC(NC(C)c1ccnn1C)c1ccsc1. The van der Waals surface area contributed by atoms with Crippen molar-refractivity contribution in [1.29, 1.82) is 0 Å². The molecule has 0 saturated carbocycles. The van der Waals surface area contributed by atoms with Crippen LogP contribution in [0.15, 0.2) is 29.1 Å². The number of aryl methyl sites for hydroxylation is 1. The van der Waals surface area contributed by atoms with Crippen molar-refractivity contribution in [3.8, 4) is 0 Å². The molecule has 2 unspecified atom stereocenters. The number of hydrogen-bond donors (Lipinski definition) is 1. The first-order chi connectivity index (χ1) is 7.68. The van der Waals surface area contributed by atoms with Crippen molar-refractivity contribution in [3.63, 3.8) is 0 Å². The van der Waals surface area contributed by atoms with Gasteiger partial charge in [-0.05, 0) is 42.3 Å². The van der Waals surface area contributed by atoms with E-state index in [0.29, 0.717) is 12.1 Å². The molecule has 0 fully saturated rings. The fourth-order valence-corrected chi connectivity index (χ4v) is 2.64. The molecule has 0 aromatic carbocycles. The van der Waals surface area contributed by atoms with E-state index in [9.17, 15) is 0 Å². The van der Waals surface area contributed by atoms with Gasteiger partial charge in [-0.1, -0.05) is 0 Å². The van der Waals surface area contributed by atoms with E-state index in [0.717, 1.165) is 0 Å². The van der Waals surface area contributed by atoms with Gasteiger partial charge in [-0.2, -0.15) is 16.4 Å². The lowest BCUT2D eigenvalue weighted by Crippen LogP contribution is -2.23. The van der Waals surface area contributed by atoms with Crippen molar-refractivity contribution in [2.45, 2.75) is 25.9 Å². The zero-order chi connectivity index (χ0) is 11.5. The zero-order valence-electron chi connectivity index (χ0n) is 9.84. The first kappa shape index (κ1) is 11.4. The molecular weight excluding hydrogens is 218 g/mol. The molecule has 0 aliphatic carbocycles. The van der Waals surface area contributed by atoms with E-state index in [1.807, 2.05) is 17.9 Å². The van der Waals surface area contributed by atoms with Gasteiger partial charge in [-0.25, -0.2) is 0 Å². The van der Waals surface area contributed by atoms with Crippen molar-refractivity contribution >= 4 is 11.3 Å². The van der Waals surface area contributed by atoms with Crippen LogP contribution in [0.2, 0.25) is 0 Å². The summed E-state index contributed by atoms with van der Waals surface area (Å²) >= 11 is 1.74. The third-order valence-electron chi connectivity index (χ3n) is 2.85. The van der Waals surface area contributed by atoms with Gasteiger partial charge >= 0.3 is 0 Å². The third-order valence-corrected chi connectivity index (χ3v) is 3.55. The lowest BCUT2D eigenvalue weighted by atomic mass is 10.1. The number of thiophene rings is 1. The average Bonchev–Trinajstić information content (AvgIpc) is 2.86. The minimum absolute atomic E-state index is 0.308. The molecule has 2 aromatic rings. The Morgan fingerprint density at radius 3 is 2.69 bits per heavy atom. The smallest absolute Gasteiger partial charge is 0.0547 e. The highest BCUT2D eigenvalue weighted by Gasteiger charge is 2.13. The van der Waals surface area contributed by atoms with Crippen molar-refractivity contribution in [2.75, 3.05) is 0 Å². The highest BCUT2D eigenvalue weighted by Crippen LogP contribution is 2.20. The average molecular weight is 235 g/mol. The highest BCUT2D eigenvalue weighted by atomic mass is 32.1. The maximum Gasteiger partial charge on any atom is 0.0547 e. The molecule has 0 amide bonds. The summed E-state index contributed by atoms with van der Waals surface area (Å²) in [6.45, 7) is 4.36. The summed E-state index contributed by atoms with van der Waals surface area (Å²) in [6, 6.07) is 4.90. The Hall–Kier alpha value is -1.13. The quantitative estimate of drug-likeness (QED) is 0.883. The summed E-state index contributed by atoms with van der Waals surface area (Å²) in [7, 11) is 1.97. The van der Waals surface area contributed by atoms with Gasteiger partial charge in [0.25, 0.3) is 0 Å². The highest BCUT2D eigenvalue weighted by molar-refractivity contribution is 7.07. The van der Waals surface area contributed by atoms with Crippen molar-refractivity contribution in [3.05, 3.63) is 40.3 Å². The van der Waals surface area contributed by atoms with E-state index in [4.69, 9.17) is 0 Å². The predicted octanol–water partition coefficient (Wildman–Crippen LogP) is 2.89. The zero-order valence-corrected chi connectivity index (χ0v) is 10.7. The van der Waals surface area contributed by atoms with E-state index in [1.165, 1.54) is 11.3 Å². The van der Waals surface area contributed by atoms with Crippen molar-refractivity contribution in [1.82, 2.24) is 15.1 Å². The van der Waals surface area contributed by atoms with Crippen LogP contribution in [-0.4, -0.2) is 9.78 Å². The van der Waals surface area contributed by atoms with Gasteiger partial charge in [0.2, 0.25) is 0 Å². The van der Waals surface area contributed by atoms with Gasteiger partial charge in [-0.15, -0.1) is 0 Å². The van der Waals surface area contributed by atoms with Crippen LogP contribution in [0, 0.1) is 0 Å². The molecule has 3 nitrogen and oxygen atoms in total. The van der Waals surface area contributed by atoms with Gasteiger partial charge in [-0.3, -0.25) is 4.68 Å². The third kappa shape index (κ3) is 2.33. The number of nitrogens with one attached hydrogen (secondary N) is 1. The fourth-order valence-electron chi connectivity index (χ4n) is 1.89. The first-order valence-electron chi connectivity index (χ1n) is 5.44. The molecule has 2 rings (SSSR count). The topological polar surface area (TPSA) is 29.9 Å². The second-order valence-electron chi connectivity index (χ2n) is 4.05. The summed E-state index contributed by atoms with van der Waals surface area (Å²) in [4.78, 5) is 0. The number of nitrogens with zero attached hydrogens (tertiary/aromatic N) is 2. The minimum atomic E-state index is 0.308. The molecule has 1 N–H and O–H groups in total. The van der Waals surface area contributed by atoms with Crippen LogP contribution in [0.4, 0.5) is 0 Å². The summed E-state index contributed by atoms with van der Waals surface area (Å²) in [5, 5.41) is 12.1. The Morgan fingerprint density at radius 1 is 1.31 bits per heavy atom. The van der Waals surface area contributed by atoms with E-state index in [1.54, 1.807) is 11.3 Å². The Kier molecular flexibility index (Phi) is 3.41. The van der Waals surface area contributed by atoms with Crippen molar-refractivity contribution < 1.29 is 0 Å². The van der Waals surface area contributed by atoms with Crippen LogP contribution in [0.5, 0.6) is 0 Å². The number of hydrogen-bond acceptors (Lipinski definition) is 3. The van der Waals surface area contributed by atoms with Gasteiger partial charge < -0.3 is 5.32 Å². The fraction of sp³-hybridized carbons (Fsp3) is 0.417. The molecular formula is C12H17N3S. The molecule has 4 heteroatoms. The van der Waals surface area contributed by atoms with E-state index < -0.39 is 0 Å². The molecule has 2 atom stereocenters. The molecule has 0 radical (unpaired) electrons. The molecule has 0 bridgehead atoms. The van der Waals surface area contributed by atoms with Gasteiger partial charge in [0, 0.05) is 25.3 Å². The van der Waals surface area contributed by atoms with Crippen molar-refractivity contribution in [2.24, 2.45) is 7.05 Å². The predicted molar refractivity (Wildman–Crippen MR) is 67.5 cm³/mol. The normalized spacial score (nSPS) is 14.9. The largest absolute Gasteiger partial charge is 0.302 e. The molecule has 0 aliphatic rings. The molecule has 2 heterocycles. The van der Waals surface area contributed by atoms with Crippen LogP contribution in [0.1, 0.15) is 37.2 Å². The van der Waals surface area contributed by atoms with Crippen LogP contribution in [0.25, 0.3) is 0 Å². The standard InChI is InChI=1S/C12H17N3S/c1-9(11-5-7-16-8-11)14-10(2)12-4-6-13-15(12)3/h4-10,14H,1-3H3. The second kappa shape index (κ2) is 4.80. The lowest BCUT2D eigenvalue weighted by molar-refractivity contribution is 0.470. The molecule has 2 aromatic heterocycles. The van der Waals surface area contributed by atoms with Gasteiger partial charge in [0.1, 0.15) is 0 Å². The van der Waals surface area contributed by atoms with E-state index >= 15 is 0 Å². The summed E-state index contributed by atoms with van der Waals surface area (Å²) in [5.74, 6) is 0. The summed E-state index contributed by atoms with van der Waals surface area (Å²) in [6.07, 6.45) is 1.84. The maximum atomic E-state index is 4.19. The monoisotopic (exact) mass is 235 g/mol. The Bertz CT molecular complexity index is 433. The Balaban J connectivity index is 2.03. The minimum Gasteiger partial charge on any atom is -0.302 e. The molecule has 0 spiro atoms. The first-order valence-corrected chi connectivity index (χ1v) is 6.39. The molecule has 16 heavy (non-hydrogen) atoms. The van der Waals surface area contributed by atoms with Crippen LogP contribution in [0.3, 0.4) is 0 Å². The number of aromatic nitrogens is 2. The maximum absolute atomic E-state index is 4.19. The number of rotatable bonds is 4. The summed E-state index contributed by atoms with van der Waals surface area (Å²) < 4.78 is 1.91. The van der Waals surface area contributed by atoms with E-state index in [2.05, 4.69) is 47.2 Å². The Morgan fingerprint density at radius 2 is 2.12 bits per heavy atom.